The summed E-state index contributed by atoms with van der Waals surface area (Å²) < 4.78 is 1.44. The molecule has 160 valence electrons. The molecule has 5 rings (SSSR count). The van der Waals surface area contributed by atoms with E-state index >= 15 is 0 Å². The number of hydrogen-bond donors (Lipinski definition) is 2. The maximum Gasteiger partial charge on any atom is 0.293 e. The van der Waals surface area contributed by atoms with E-state index in [0.717, 1.165) is 28.1 Å². The van der Waals surface area contributed by atoms with Crippen LogP contribution in [0.25, 0.3) is 5.57 Å². The summed E-state index contributed by atoms with van der Waals surface area (Å²) in [6.07, 6.45) is 5.80. The molecule has 0 fully saturated rings. The van der Waals surface area contributed by atoms with Crippen molar-refractivity contribution in [2.75, 3.05) is 11.9 Å². The molecule has 3 aromatic rings. The lowest BCUT2D eigenvalue weighted by atomic mass is 10.1. The molecule has 1 atom stereocenters. The van der Waals surface area contributed by atoms with Crippen molar-refractivity contribution < 1.29 is 4.79 Å². The summed E-state index contributed by atoms with van der Waals surface area (Å²) in [6.45, 7) is 2.19. The number of hydrogen-bond acceptors (Lipinski definition) is 6. The summed E-state index contributed by atoms with van der Waals surface area (Å²) in [6, 6.07) is 13.4. The largest absolute Gasteiger partial charge is 0.365 e. The zero-order valence-electron chi connectivity index (χ0n) is 17.6. The molecule has 2 aromatic heterocycles. The number of nitrogens with zero attached hydrogens (tertiary/aromatic N) is 4. The van der Waals surface area contributed by atoms with Crippen LogP contribution in [0.4, 0.5) is 5.82 Å². The lowest BCUT2D eigenvalue weighted by Crippen LogP contribution is -2.41. The van der Waals surface area contributed by atoms with Crippen molar-refractivity contribution in [3.8, 4) is 0 Å². The van der Waals surface area contributed by atoms with Crippen molar-refractivity contribution in [3.05, 3.63) is 93.9 Å². The molecule has 1 aliphatic heterocycles. The number of fused-ring (bicyclic) bond motifs is 5. The van der Waals surface area contributed by atoms with Crippen molar-refractivity contribution >= 4 is 23.0 Å². The molecule has 3 heterocycles. The lowest BCUT2D eigenvalue weighted by molar-refractivity contribution is -0.121. The first-order valence-corrected chi connectivity index (χ1v) is 10.5. The third-order valence-corrected chi connectivity index (χ3v) is 5.70. The zero-order valence-corrected chi connectivity index (χ0v) is 17.6. The second kappa shape index (κ2) is 8.22. The van der Waals surface area contributed by atoms with Gasteiger partial charge in [0.25, 0.3) is 5.56 Å². The first kappa shape index (κ1) is 19.9. The topological polar surface area (TPSA) is 101 Å². The van der Waals surface area contributed by atoms with Crippen LogP contribution in [0.5, 0.6) is 0 Å². The molecule has 0 saturated heterocycles. The zero-order chi connectivity index (χ0) is 22.1. The number of rotatable bonds is 7. The quantitative estimate of drug-likeness (QED) is 0.601. The second-order valence-electron chi connectivity index (χ2n) is 7.78. The Hall–Kier alpha value is -4.07. The smallest absolute Gasteiger partial charge is 0.293 e. The number of nitrogens with one attached hydrogen (secondary N) is 2. The molecule has 2 bridgehead atoms. The summed E-state index contributed by atoms with van der Waals surface area (Å²) in [5.41, 5.74) is 5.20. The number of carbonyl (C=O) groups excluding carboxylic acids is 1. The molecule has 1 aliphatic carbocycles. The Morgan fingerprint density at radius 2 is 1.91 bits per heavy atom. The minimum Gasteiger partial charge on any atom is -0.365 e. The van der Waals surface area contributed by atoms with E-state index in [9.17, 15) is 9.59 Å². The standard InChI is InChI=1S/C24H22N6O2/c1-15-12-28-23(26-11-9-16-6-4-5-10-25-16)24(32)30(15)14-20(31)29-22-19-13-27-21(22)18-8-3-2-7-17(18)19/h2-8,10,12-13,22H,9,11,14H2,1H3,(H,26,28)(H,29,31). The molecule has 1 amide bonds. The summed E-state index contributed by atoms with van der Waals surface area (Å²) in [5.74, 6) is -0.0288. The average molecular weight is 426 g/mol. The van der Waals surface area contributed by atoms with Gasteiger partial charge in [-0.05, 0) is 24.6 Å². The monoisotopic (exact) mass is 426 g/mol. The van der Waals surface area contributed by atoms with E-state index in [1.165, 1.54) is 4.57 Å². The lowest BCUT2D eigenvalue weighted by Gasteiger charge is -2.15. The predicted octanol–water partition coefficient (Wildman–Crippen LogP) is 1.94. The number of benzene rings is 1. The summed E-state index contributed by atoms with van der Waals surface area (Å²) in [4.78, 5) is 38.7. The molecular formula is C24H22N6O2. The molecular weight excluding hydrogens is 404 g/mol. The van der Waals surface area contributed by atoms with Gasteiger partial charge in [-0.25, -0.2) is 4.98 Å². The van der Waals surface area contributed by atoms with E-state index in [-0.39, 0.29) is 29.9 Å². The third-order valence-electron chi connectivity index (χ3n) is 5.70. The summed E-state index contributed by atoms with van der Waals surface area (Å²) >= 11 is 0. The minimum absolute atomic E-state index is 0.0878. The average Bonchev–Trinajstić information content (AvgIpc) is 3.34. The van der Waals surface area contributed by atoms with Gasteiger partial charge in [0.1, 0.15) is 6.54 Å². The highest BCUT2D eigenvalue weighted by Gasteiger charge is 2.37. The molecule has 1 unspecified atom stereocenters. The fourth-order valence-electron chi connectivity index (χ4n) is 4.08. The molecule has 0 spiro atoms. The van der Waals surface area contributed by atoms with E-state index in [1.54, 1.807) is 25.5 Å². The number of carbonyl (C=O) groups is 1. The molecule has 8 nitrogen and oxygen atoms in total. The Kier molecular flexibility index (Phi) is 5.10. The number of aryl methyl sites for hydroxylation is 1. The predicted molar refractivity (Wildman–Crippen MR) is 123 cm³/mol. The normalized spacial score (nSPS) is 15.7. The van der Waals surface area contributed by atoms with Crippen molar-refractivity contribution in [2.24, 2.45) is 4.99 Å². The summed E-state index contributed by atoms with van der Waals surface area (Å²) in [7, 11) is 0. The van der Waals surface area contributed by atoms with Gasteiger partial charge < -0.3 is 10.6 Å². The minimum atomic E-state index is -0.324. The highest BCUT2D eigenvalue weighted by molar-refractivity contribution is 6.23. The molecule has 1 aromatic carbocycles. The molecule has 0 saturated carbocycles. The Balaban J connectivity index is 1.26. The number of aliphatic imine (C=N–C) groups is 1. The van der Waals surface area contributed by atoms with Crippen LogP contribution in [0.1, 0.15) is 22.5 Å². The van der Waals surface area contributed by atoms with Gasteiger partial charge in [-0.1, -0.05) is 30.3 Å². The Bertz CT molecular complexity index is 1270. The van der Waals surface area contributed by atoms with Crippen LogP contribution in [-0.2, 0) is 17.8 Å². The van der Waals surface area contributed by atoms with Crippen LogP contribution in [0.15, 0.2) is 70.8 Å². The molecule has 2 N–H and O–H groups in total. The van der Waals surface area contributed by atoms with Gasteiger partial charge in [0.15, 0.2) is 5.82 Å². The fourth-order valence-corrected chi connectivity index (χ4v) is 4.08. The Labute approximate surface area is 184 Å². The van der Waals surface area contributed by atoms with Gasteiger partial charge >= 0.3 is 0 Å². The Morgan fingerprint density at radius 3 is 2.69 bits per heavy atom. The van der Waals surface area contributed by atoms with Crippen LogP contribution >= 0.6 is 0 Å². The van der Waals surface area contributed by atoms with Crippen LogP contribution in [0, 0.1) is 6.92 Å². The van der Waals surface area contributed by atoms with Crippen LogP contribution < -0.4 is 16.2 Å². The number of aromatic nitrogens is 3. The van der Waals surface area contributed by atoms with E-state index < -0.39 is 0 Å². The van der Waals surface area contributed by atoms with E-state index in [4.69, 9.17) is 0 Å². The first-order valence-electron chi connectivity index (χ1n) is 10.5. The molecule has 2 aliphatic rings. The van der Waals surface area contributed by atoms with Crippen molar-refractivity contribution in [2.45, 2.75) is 25.9 Å². The SMILES string of the molecule is Cc1cnc(NCCc2ccccn2)c(=O)n1CC(=O)NC1C2=CN=C1c1ccccc12. The van der Waals surface area contributed by atoms with E-state index in [1.807, 2.05) is 42.5 Å². The van der Waals surface area contributed by atoms with Crippen molar-refractivity contribution in [1.82, 2.24) is 19.9 Å². The third kappa shape index (κ3) is 3.60. The van der Waals surface area contributed by atoms with Gasteiger partial charge in [0.2, 0.25) is 5.91 Å². The highest BCUT2D eigenvalue weighted by atomic mass is 16.2. The van der Waals surface area contributed by atoms with Crippen molar-refractivity contribution in [3.63, 3.8) is 0 Å². The molecule has 8 heteroatoms. The molecule has 32 heavy (non-hydrogen) atoms. The first-order chi connectivity index (χ1) is 15.6. The summed E-state index contributed by atoms with van der Waals surface area (Å²) in [5, 5.41) is 6.10. The van der Waals surface area contributed by atoms with E-state index in [2.05, 4.69) is 25.6 Å². The maximum atomic E-state index is 12.9. The number of pyridine rings is 1. The van der Waals surface area contributed by atoms with Crippen LogP contribution in [-0.4, -0.2) is 38.7 Å². The van der Waals surface area contributed by atoms with Gasteiger partial charge in [0.05, 0.1) is 11.8 Å². The highest BCUT2D eigenvalue weighted by Crippen LogP contribution is 2.37. The van der Waals surface area contributed by atoms with Gasteiger partial charge in [0, 0.05) is 54.1 Å². The second-order valence-corrected chi connectivity index (χ2v) is 7.78. The van der Waals surface area contributed by atoms with Gasteiger partial charge in [-0.3, -0.25) is 24.1 Å². The fraction of sp³-hybridized carbons (Fsp3) is 0.208. The Morgan fingerprint density at radius 1 is 1.09 bits per heavy atom. The van der Waals surface area contributed by atoms with Gasteiger partial charge in [-0.15, -0.1) is 0 Å². The molecule has 0 radical (unpaired) electrons. The van der Waals surface area contributed by atoms with Crippen molar-refractivity contribution in [1.29, 1.82) is 0 Å². The number of amides is 1. The maximum absolute atomic E-state index is 12.9. The number of anilines is 1. The van der Waals surface area contributed by atoms with E-state index in [0.29, 0.717) is 18.7 Å². The van der Waals surface area contributed by atoms with Crippen LogP contribution in [0.2, 0.25) is 0 Å². The van der Waals surface area contributed by atoms with Crippen LogP contribution in [0.3, 0.4) is 0 Å². The van der Waals surface area contributed by atoms with Gasteiger partial charge in [-0.2, -0.15) is 0 Å².